The third-order valence-corrected chi connectivity index (χ3v) is 2.95. The summed E-state index contributed by atoms with van der Waals surface area (Å²) in [5.74, 6) is 6.54. The zero-order chi connectivity index (χ0) is 13.4. The summed E-state index contributed by atoms with van der Waals surface area (Å²) in [6.07, 6.45) is 3.63. The van der Waals surface area contributed by atoms with Crippen LogP contribution in [0.5, 0.6) is 0 Å². The Labute approximate surface area is 115 Å². The van der Waals surface area contributed by atoms with Crippen LogP contribution in [0, 0.1) is 11.8 Å². The highest BCUT2D eigenvalue weighted by Gasteiger charge is 2.10. The summed E-state index contributed by atoms with van der Waals surface area (Å²) < 4.78 is 0. The molecule has 1 aromatic carbocycles. The van der Waals surface area contributed by atoms with Crippen LogP contribution >= 0.6 is 11.6 Å². The first-order valence-corrected chi connectivity index (χ1v) is 6.74. The summed E-state index contributed by atoms with van der Waals surface area (Å²) in [6, 6.07) is 7.59. The van der Waals surface area contributed by atoms with E-state index in [9.17, 15) is 4.79 Å². The molecular formula is C16H19ClO. The molecule has 0 radical (unpaired) electrons. The number of Topliss-reactive ketones (excluding diaryl/α,β-unsaturated/α-hetero) is 1. The van der Waals surface area contributed by atoms with Crippen LogP contribution in [0.2, 0.25) is 5.02 Å². The van der Waals surface area contributed by atoms with Crippen LogP contribution in [0.3, 0.4) is 0 Å². The van der Waals surface area contributed by atoms with E-state index in [0.29, 0.717) is 11.4 Å². The summed E-state index contributed by atoms with van der Waals surface area (Å²) in [4.78, 5) is 11.3. The molecule has 0 amide bonds. The lowest BCUT2D eigenvalue weighted by Crippen LogP contribution is -2.02. The van der Waals surface area contributed by atoms with Crippen molar-refractivity contribution in [3.63, 3.8) is 0 Å². The van der Waals surface area contributed by atoms with Crippen molar-refractivity contribution in [3.8, 4) is 11.8 Å². The highest BCUT2D eigenvalue weighted by molar-refractivity contribution is 6.30. The fraction of sp³-hybridized carbons (Fsp3) is 0.438. The zero-order valence-corrected chi connectivity index (χ0v) is 11.8. The van der Waals surface area contributed by atoms with E-state index in [1.165, 1.54) is 0 Å². The van der Waals surface area contributed by atoms with E-state index < -0.39 is 0 Å². The van der Waals surface area contributed by atoms with Gasteiger partial charge in [0.1, 0.15) is 5.78 Å². The van der Waals surface area contributed by atoms with Gasteiger partial charge in [0.25, 0.3) is 0 Å². The first-order chi connectivity index (χ1) is 8.63. The molecule has 0 aliphatic carbocycles. The third kappa shape index (κ3) is 5.38. The van der Waals surface area contributed by atoms with E-state index in [1.54, 1.807) is 6.92 Å². The maximum atomic E-state index is 11.3. The third-order valence-electron chi connectivity index (χ3n) is 2.70. The second-order valence-corrected chi connectivity index (χ2v) is 4.87. The Morgan fingerprint density at radius 1 is 1.33 bits per heavy atom. The Balaban J connectivity index is 2.79. The van der Waals surface area contributed by atoms with E-state index >= 15 is 0 Å². The van der Waals surface area contributed by atoms with Crippen molar-refractivity contribution in [1.82, 2.24) is 0 Å². The van der Waals surface area contributed by atoms with E-state index in [4.69, 9.17) is 11.6 Å². The molecule has 1 aromatic rings. The van der Waals surface area contributed by atoms with E-state index in [2.05, 4.69) is 18.8 Å². The van der Waals surface area contributed by atoms with Crippen molar-refractivity contribution in [3.05, 3.63) is 34.9 Å². The minimum Gasteiger partial charge on any atom is -0.300 e. The molecule has 0 bridgehead atoms. The highest BCUT2D eigenvalue weighted by atomic mass is 35.5. The molecule has 0 saturated carbocycles. The summed E-state index contributed by atoms with van der Waals surface area (Å²) in [7, 11) is 0. The maximum absolute atomic E-state index is 11.3. The average Bonchev–Trinajstić information content (AvgIpc) is 2.34. The molecule has 0 aliphatic heterocycles. The van der Waals surface area contributed by atoms with Gasteiger partial charge in [-0.3, -0.25) is 4.79 Å². The molecule has 0 heterocycles. The van der Waals surface area contributed by atoms with Gasteiger partial charge in [-0.2, -0.15) is 0 Å². The Hall–Kier alpha value is -1.26. The van der Waals surface area contributed by atoms with Crippen molar-refractivity contribution in [2.75, 3.05) is 0 Å². The van der Waals surface area contributed by atoms with Crippen molar-refractivity contribution >= 4 is 17.4 Å². The molecule has 0 aromatic heterocycles. The maximum Gasteiger partial charge on any atom is 0.131 e. The smallest absolute Gasteiger partial charge is 0.131 e. The van der Waals surface area contributed by atoms with Crippen LogP contribution in [0.1, 0.15) is 51.0 Å². The van der Waals surface area contributed by atoms with Crippen LogP contribution in [0.15, 0.2) is 24.3 Å². The van der Waals surface area contributed by atoms with Crippen LogP contribution in [0.4, 0.5) is 0 Å². The molecule has 2 heteroatoms. The van der Waals surface area contributed by atoms with Gasteiger partial charge in [-0.1, -0.05) is 43.0 Å². The monoisotopic (exact) mass is 262 g/mol. The number of rotatable bonds is 5. The molecule has 1 atom stereocenters. The van der Waals surface area contributed by atoms with Crippen molar-refractivity contribution in [2.24, 2.45) is 0 Å². The predicted molar refractivity (Wildman–Crippen MR) is 76.8 cm³/mol. The van der Waals surface area contributed by atoms with Gasteiger partial charge in [0, 0.05) is 17.9 Å². The molecule has 0 N–H and O–H groups in total. The molecule has 1 rings (SSSR count). The lowest BCUT2D eigenvalue weighted by Gasteiger charge is -2.09. The molecule has 1 unspecified atom stereocenters. The molecule has 0 spiro atoms. The largest absolute Gasteiger partial charge is 0.300 e. The number of benzene rings is 1. The lowest BCUT2D eigenvalue weighted by molar-refractivity contribution is -0.117. The second-order valence-electron chi connectivity index (χ2n) is 4.43. The first-order valence-electron chi connectivity index (χ1n) is 6.36. The molecule has 96 valence electrons. The summed E-state index contributed by atoms with van der Waals surface area (Å²) in [5.41, 5.74) is 1.07. The normalized spacial score (nSPS) is 11.5. The lowest BCUT2D eigenvalue weighted by atomic mass is 9.94. The van der Waals surface area contributed by atoms with E-state index in [0.717, 1.165) is 24.8 Å². The van der Waals surface area contributed by atoms with Gasteiger partial charge in [0.15, 0.2) is 0 Å². The Morgan fingerprint density at radius 2 is 2.00 bits per heavy atom. The van der Waals surface area contributed by atoms with Gasteiger partial charge < -0.3 is 0 Å². The summed E-state index contributed by atoms with van der Waals surface area (Å²) in [5, 5.41) is 0.708. The van der Waals surface area contributed by atoms with Gasteiger partial charge in [-0.05, 0) is 31.0 Å². The highest BCUT2D eigenvalue weighted by Crippen LogP contribution is 2.21. The van der Waals surface area contributed by atoms with Gasteiger partial charge >= 0.3 is 0 Å². The zero-order valence-electron chi connectivity index (χ0n) is 11.0. The first kappa shape index (κ1) is 14.8. The number of hydrogen-bond acceptors (Lipinski definition) is 1. The summed E-state index contributed by atoms with van der Waals surface area (Å²) >= 11 is 5.86. The number of hydrogen-bond donors (Lipinski definition) is 0. The van der Waals surface area contributed by atoms with Crippen LogP contribution in [-0.2, 0) is 4.79 Å². The molecule has 0 saturated heterocycles. The average molecular weight is 263 g/mol. The van der Waals surface area contributed by atoms with Crippen LogP contribution in [-0.4, -0.2) is 5.78 Å². The summed E-state index contributed by atoms with van der Waals surface area (Å²) in [6.45, 7) is 3.75. The van der Waals surface area contributed by atoms with Crippen LogP contribution in [0.25, 0.3) is 0 Å². The van der Waals surface area contributed by atoms with Crippen molar-refractivity contribution in [2.45, 2.75) is 45.4 Å². The second kappa shape index (κ2) is 7.95. The molecule has 0 aliphatic rings. The number of carbonyl (C=O) groups excluding carboxylic acids is 1. The number of halogens is 1. The minimum absolute atomic E-state index is 0.00313. The van der Waals surface area contributed by atoms with Gasteiger partial charge in [-0.25, -0.2) is 0 Å². The predicted octanol–water partition coefficient (Wildman–Crippen LogP) is 4.60. The topological polar surface area (TPSA) is 17.1 Å². The molecule has 0 fully saturated rings. The Kier molecular flexibility index (Phi) is 6.54. The van der Waals surface area contributed by atoms with Gasteiger partial charge in [0.2, 0.25) is 0 Å². The van der Waals surface area contributed by atoms with Crippen molar-refractivity contribution < 1.29 is 4.79 Å². The number of ketones is 1. The van der Waals surface area contributed by atoms with Crippen molar-refractivity contribution in [1.29, 1.82) is 0 Å². The number of carbonyl (C=O) groups is 1. The Morgan fingerprint density at radius 3 is 2.56 bits per heavy atom. The van der Waals surface area contributed by atoms with Gasteiger partial charge in [-0.15, -0.1) is 5.92 Å². The Bertz CT molecular complexity index is 436. The standard InChI is InChI=1S/C16H19ClO/c1-3-4-5-6-7-15(12-13(2)18)14-8-10-16(17)11-9-14/h8-11,15H,3-5,12H2,1-2H3. The van der Waals surface area contributed by atoms with E-state index in [-0.39, 0.29) is 11.7 Å². The number of unbranched alkanes of at least 4 members (excludes halogenated alkanes) is 2. The van der Waals surface area contributed by atoms with E-state index in [1.807, 2.05) is 24.3 Å². The molecular weight excluding hydrogens is 244 g/mol. The SMILES string of the molecule is CCCCC#CC(CC(C)=O)c1ccc(Cl)cc1. The van der Waals surface area contributed by atoms with Crippen LogP contribution < -0.4 is 0 Å². The molecule has 18 heavy (non-hydrogen) atoms. The fourth-order valence-electron chi connectivity index (χ4n) is 1.70. The fourth-order valence-corrected chi connectivity index (χ4v) is 1.82. The van der Waals surface area contributed by atoms with Gasteiger partial charge in [0.05, 0.1) is 5.92 Å². The molecule has 1 nitrogen and oxygen atoms in total. The minimum atomic E-state index is -0.00313. The quantitative estimate of drug-likeness (QED) is 0.560.